The highest BCUT2D eigenvalue weighted by Gasteiger charge is 2.32. The number of rotatable bonds is 6. The topological polar surface area (TPSA) is 104 Å². The molecule has 10 heteroatoms. The molecule has 36 heavy (non-hydrogen) atoms. The van der Waals surface area contributed by atoms with Gasteiger partial charge in [-0.25, -0.2) is 4.79 Å². The van der Waals surface area contributed by atoms with E-state index in [0.717, 1.165) is 12.1 Å². The minimum Gasteiger partial charge on any atom is -0.478 e. The molecule has 4 rings (SSSR count). The molecule has 0 spiro atoms. The number of carbonyl (C=O) groups excluding carboxylic acids is 1. The highest BCUT2D eigenvalue weighted by atomic mass is 19.4. The number of aromatic nitrogens is 1. The van der Waals surface area contributed by atoms with E-state index in [4.69, 9.17) is 9.84 Å². The summed E-state index contributed by atoms with van der Waals surface area (Å²) in [6.07, 6.45) is -4.11. The zero-order valence-electron chi connectivity index (χ0n) is 19.2. The summed E-state index contributed by atoms with van der Waals surface area (Å²) in [6, 6.07) is 12.4. The van der Waals surface area contributed by atoms with Gasteiger partial charge in [-0.1, -0.05) is 24.3 Å². The fourth-order valence-electron chi connectivity index (χ4n) is 4.33. The second-order valence-electron chi connectivity index (χ2n) is 8.47. The molecule has 1 amide bonds. The minimum absolute atomic E-state index is 0.0294. The monoisotopic (exact) mass is 497 g/mol. The Morgan fingerprint density at radius 1 is 1.22 bits per heavy atom. The third-order valence-electron chi connectivity index (χ3n) is 6.14. The third kappa shape index (κ3) is 4.97. The Bertz CT molecular complexity index is 1350. The van der Waals surface area contributed by atoms with E-state index in [0.29, 0.717) is 35.4 Å². The van der Waals surface area contributed by atoms with E-state index in [2.05, 4.69) is 11.4 Å². The minimum atomic E-state index is -4.51. The molecule has 0 radical (unpaired) electrons. The van der Waals surface area contributed by atoms with Gasteiger partial charge in [0.05, 0.1) is 35.9 Å². The first-order valence-electron chi connectivity index (χ1n) is 11.1. The van der Waals surface area contributed by atoms with Gasteiger partial charge < -0.3 is 19.7 Å². The van der Waals surface area contributed by atoms with E-state index in [1.165, 1.54) is 18.2 Å². The first-order valence-corrected chi connectivity index (χ1v) is 11.1. The van der Waals surface area contributed by atoms with Crippen LogP contribution < -0.4 is 5.32 Å². The second-order valence-corrected chi connectivity index (χ2v) is 8.47. The predicted octanol–water partition coefficient (Wildman–Crippen LogP) is 4.69. The van der Waals surface area contributed by atoms with Crippen molar-refractivity contribution in [3.05, 3.63) is 93.3 Å². The molecule has 1 aliphatic rings. The predicted molar refractivity (Wildman–Crippen MR) is 122 cm³/mol. The summed E-state index contributed by atoms with van der Waals surface area (Å²) in [4.78, 5) is 24.5. The van der Waals surface area contributed by atoms with Crippen LogP contribution in [-0.4, -0.2) is 28.2 Å². The average molecular weight is 497 g/mol. The molecule has 7 nitrogen and oxygen atoms in total. The van der Waals surface area contributed by atoms with E-state index >= 15 is 0 Å². The second kappa shape index (κ2) is 9.87. The van der Waals surface area contributed by atoms with Gasteiger partial charge in [0.1, 0.15) is 11.8 Å². The van der Waals surface area contributed by atoms with Crippen molar-refractivity contribution >= 4 is 11.9 Å². The molecule has 0 fully saturated rings. The van der Waals surface area contributed by atoms with Crippen LogP contribution in [0.25, 0.3) is 0 Å². The highest BCUT2D eigenvalue weighted by Crippen LogP contribution is 2.32. The lowest BCUT2D eigenvalue weighted by molar-refractivity contribution is -0.137. The summed E-state index contributed by atoms with van der Waals surface area (Å²) in [5.41, 5.74) is 1.71. The Kier molecular flexibility index (Phi) is 6.86. The first-order chi connectivity index (χ1) is 17.1. The lowest BCUT2D eigenvalue weighted by atomic mass is 10.0. The Hall–Kier alpha value is -4.10. The van der Waals surface area contributed by atoms with Crippen LogP contribution in [0.2, 0.25) is 0 Å². The summed E-state index contributed by atoms with van der Waals surface area (Å²) in [6.45, 7) is 2.17. The Morgan fingerprint density at radius 3 is 2.58 bits per heavy atom. The number of carboxylic acids is 1. The van der Waals surface area contributed by atoms with E-state index in [-0.39, 0.29) is 30.0 Å². The molecule has 0 saturated carbocycles. The van der Waals surface area contributed by atoms with Crippen LogP contribution in [-0.2, 0) is 30.5 Å². The number of ether oxygens (including phenoxy) is 1. The number of alkyl halides is 3. The molecule has 3 aromatic rings. The molecule has 186 valence electrons. The quantitative estimate of drug-likeness (QED) is 0.514. The molecule has 2 heterocycles. The molecular formula is C26H22F3N3O4. The number of nitrogens with one attached hydrogen (secondary N) is 1. The van der Waals surface area contributed by atoms with Crippen molar-refractivity contribution in [1.29, 1.82) is 5.26 Å². The van der Waals surface area contributed by atoms with Crippen molar-refractivity contribution in [2.45, 2.75) is 38.7 Å². The van der Waals surface area contributed by atoms with Gasteiger partial charge in [0, 0.05) is 24.2 Å². The van der Waals surface area contributed by atoms with Crippen molar-refractivity contribution < 1.29 is 32.6 Å². The number of benzene rings is 2. The molecule has 1 aliphatic heterocycles. The standard InChI is InChI=1S/C26H22F3N3O4/c1-15(17-5-7-18(8-6-17)25(34)35)31-24(33)23-20(12-30)21-14-36-10-9-22(21)32(23)13-16-3-2-4-19(11-16)26(27,28)29/h2-8,11,15H,9-10,13-14H2,1H3,(H,31,33)(H,34,35). The number of fused-ring (bicyclic) bond motifs is 1. The average Bonchev–Trinajstić information content (AvgIpc) is 3.17. The summed E-state index contributed by atoms with van der Waals surface area (Å²) in [5, 5.41) is 21.8. The zero-order chi connectivity index (χ0) is 26.0. The summed E-state index contributed by atoms with van der Waals surface area (Å²) in [5.74, 6) is -1.64. The third-order valence-corrected chi connectivity index (χ3v) is 6.14. The molecule has 1 atom stereocenters. The zero-order valence-corrected chi connectivity index (χ0v) is 19.2. The summed E-state index contributed by atoms with van der Waals surface area (Å²) >= 11 is 0. The molecule has 2 N–H and O–H groups in total. The number of amides is 1. The lowest BCUT2D eigenvalue weighted by Gasteiger charge is -2.19. The molecular weight excluding hydrogens is 475 g/mol. The number of hydrogen-bond acceptors (Lipinski definition) is 4. The van der Waals surface area contributed by atoms with Gasteiger partial charge >= 0.3 is 12.1 Å². The van der Waals surface area contributed by atoms with Crippen LogP contribution in [0.1, 0.15) is 67.3 Å². The Morgan fingerprint density at radius 2 is 1.94 bits per heavy atom. The van der Waals surface area contributed by atoms with Crippen LogP contribution in [0, 0.1) is 11.3 Å². The van der Waals surface area contributed by atoms with Crippen LogP contribution in [0.5, 0.6) is 0 Å². The number of nitrogens with zero attached hydrogens (tertiary/aromatic N) is 2. The number of nitriles is 1. The van der Waals surface area contributed by atoms with Gasteiger partial charge in [-0.2, -0.15) is 18.4 Å². The van der Waals surface area contributed by atoms with Gasteiger partial charge in [0.2, 0.25) is 0 Å². The largest absolute Gasteiger partial charge is 0.478 e. The van der Waals surface area contributed by atoms with Crippen molar-refractivity contribution in [3.63, 3.8) is 0 Å². The summed E-state index contributed by atoms with van der Waals surface area (Å²) < 4.78 is 46.9. The number of hydrogen-bond donors (Lipinski definition) is 2. The number of carbonyl (C=O) groups is 2. The number of halogens is 3. The van der Waals surface area contributed by atoms with Gasteiger partial charge in [-0.3, -0.25) is 4.79 Å². The van der Waals surface area contributed by atoms with E-state index in [1.54, 1.807) is 29.7 Å². The molecule has 2 aromatic carbocycles. The molecule has 0 aliphatic carbocycles. The van der Waals surface area contributed by atoms with Crippen LogP contribution in [0.15, 0.2) is 48.5 Å². The van der Waals surface area contributed by atoms with Gasteiger partial charge in [0.15, 0.2) is 0 Å². The normalized spacial score (nSPS) is 14.0. The van der Waals surface area contributed by atoms with Gasteiger partial charge in [0.25, 0.3) is 5.91 Å². The van der Waals surface area contributed by atoms with Crippen LogP contribution in [0.3, 0.4) is 0 Å². The van der Waals surface area contributed by atoms with Gasteiger partial charge in [-0.15, -0.1) is 0 Å². The highest BCUT2D eigenvalue weighted by molar-refractivity contribution is 5.96. The smallest absolute Gasteiger partial charge is 0.416 e. The molecule has 1 aromatic heterocycles. The van der Waals surface area contributed by atoms with Crippen molar-refractivity contribution in [3.8, 4) is 6.07 Å². The first kappa shape index (κ1) is 25.0. The molecule has 1 unspecified atom stereocenters. The van der Waals surface area contributed by atoms with Crippen molar-refractivity contribution in [1.82, 2.24) is 9.88 Å². The van der Waals surface area contributed by atoms with Gasteiger partial charge in [-0.05, 0) is 42.3 Å². The van der Waals surface area contributed by atoms with Crippen molar-refractivity contribution in [2.75, 3.05) is 6.61 Å². The summed E-state index contributed by atoms with van der Waals surface area (Å²) in [7, 11) is 0. The Labute approximate surface area is 204 Å². The number of carboxylic acid groups (broad SMARTS) is 1. The van der Waals surface area contributed by atoms with Crippen LogP contribution in [0.4, 0.5) is 13.2 Å². The maximum absolute atomic E-state index is 13.4. The number of aromatic carboxylic acids is 1. The van der Waals surface area contributed by atoms with E-state index in [9.17, 15) is 28.0 Å². The molecule has 0 bridgehead atoms. The maximum atomic E-state index is 13.4. The van der Waals surface area contributed by atoms with E-state index < -0.39 is 29.7 Å². The molecule has 0 saturated heterocycles. The maximum Gasteiger partial charge on any atom is 0.416 e. The fourth-order valence-corrected chi connectivity index (χ4v) is 4.33. The van der Waals surface area contributed by atoms with Crippen molar-refractivity contribution in [2.24, 2.45) is 0 Å². The SMILES string of the molecule is CC(NC(=O)c1c(C#N)c2c(n1Cc1cccc(C(F)(F)F)c1)CCOC2)c1ccc(C(=O)O)cc1. The fraction of sp³-hybridized carbons (Fsp3) is 0.269. The van der Waals surface area contributed by atoms with E-state index in [1.807, 2.05) is 0 Å². The van der Waals surface area contributed by atoms with Crippen LogP contribution >= 0.6 is 0 Å². The lowest BCUT2D eigenvalue weighted by Crippen LogP contribution is -2.30. The Balaban J connectivity index is 1.70.